The van der Waals surface area contributed by atoms with Gasteiger partial charge in [0.1, 0.15) is 11.6 Å². The van der Waals surface area contributed by atoms with Crippen molar-refractivity contribution in [3.8, 4) is 5.75 Å². The molecule has 94 valence electrons. The number of hydrogen-bond acceptors (Lipinski definition) is 3. The number of rotatable bonds is 5. The second-order valence-electron chi connectivity index (χ2n) is 3.78. The largest absolute Gasteiger partial charge is 0.494 e. The molecule has 1 rings (SSSR count). The lowest BCUT2D eigenvalue weighted by Crippen LogP contribution is -2.14. The van der Waals surface area contributed by atoms with Crippen molar-refractivity contribution < 1.29 is 19.0 Å². The van der Waals surface area contributed by atoms with Gasteiger partial charge in [0.05, 0.1) is 18.9 Å². The van der Waals surface area contributed by atoms with E-state index in [2.05, 4.69) is 5.32 Å². The molecule has 0 aliphatic rings. The van der Waals surface area contributed by atoms with Gasteiger partial charge in [-0.1, -0.05) is 0 Å². The maximum Gasteiger partial charge on any atom is 0.224 e. The lowest BCUT2D eigenvalue weighted by atomic mass is 10.2. The van der Waals surface area contributed by atoms with Gasteiger partial charge in [0.25, 0.3) is 0 Å². The number of nitrogens with one attached hydrogen (secondary N) is 1. The molecule has 0 fully saturated rings. The Hall–Kier alpha value is -1.62. The molecule has 0 aliphatic carbocycles. The summed E-state index contributed by atoms with van der Waals surface area (Å²) >= 11 is 0. The second-order valence-corrected chi connectivity index (χ2v) is 3.78. The zero-order valence-corrected chi connectivity index (χ0v) is 9.87. The average molecular weight is 241 g/mol. The van der Waals surface area contributed by atoms with Gasteiger partial charge in [0, 0.05) is 12.5 Å². The van der Waals surface area contributed by atoms with Crippen molar-refractivity contribution in [2.24, 2.45) is 0 Å². The number of carbonyl (C=O) groups is 1. The number of methoxy groups -OCH3 is 1. The van der Waals surface area contributed by atoms with Gasteiger partial charge in [-0.05, 0) is 25.5 Å². The van der Waals surface area contributed by atoms with Crippen LogP contribution in [0.3, 0.4) is 0 Å². The van der Waals surface area contributed by atoms with E-state index in [4.69, 9.17) is 9.84 Å². The van der Waals surface area contributed by atoms with Gasteiger partial charge in [0.15, 0.2) is 0 Å². The van der Waals surface area contributed by atoms with Gasteiger partial charge in [0.2, 0.25) is 5.91 Å². The predicted molar refractivity (Wildman–Crippen MR) is 62.5 cm³/mol. The molecule has 17 heavy (non-hydrogen) atoms. The Bertz CT molecular complexity index is 393. The molecule has 1 aromatic rings. The number of anilines is 1. The number of hydrogen-bond donors (Lipinski definition) is 2. The second kappa shape index (κ2) is 6.20. The molecule has 2 N–H and O–H groups in total. The maximum absolute atomic E-state index is 12.9. The fourth-order valence-electron chi connectivity index (χ4n) is 1.32. The molecule has 0 aromatic heterocycles. The summed E-state index contributed by atoms with van der Waals surface area (Å²) in [4.78, 5) is 11.5. The first kappa shape index (κ1) is 13.4. The third-order valence-electron chi connectivity index (χ3n) is 2.23. The number of halogens is 1. The fraction of sp³-hybridized carbons (Fsp3) is 0.417. The highest BCUT2D eigenvalue weighted by molar-refractivity contribution is 5.92. The summed E-state index contributed by atoms with van der Waals surface area (Å²) in [7, 11) is 1.40. The Kier molecular flexibility index (Phi) is 4.90. The van der Waals surface area contributed by atoms with Crippen molar-refractivity contribution in [1.29, 1.82) is 0 Å². The minimum absolute atomic E-state index is 0.207. The summed E-state index contributed by atoms with van der Waals surface area (Å²) in [5, 5.41) is 11.7. The topological polar surface area (TPSA) is 58.6 Å². The van der Waals surface area contributed by atoms with Crippen LogP contribution in [0.1, 0.15) is 19.8 Å². The number of aliphatic hydroxyl groups is 1. The van der Waals surface area contributed by atoms with Crippen molar-refractivity contribution in [3.63, 3.8) is 0 Å². The third-order valence-corrected chi connectivity index (χ3v) is 2.23. The van der Waals surface area contributed by atoms with Crippen LogP contribution in [0.15, 0.2) is 18.2 Å². The van der Waals surface area contributed by atoms with E-state index >= 15 is 0 Å². The standard InChI is InChI=1S/C12H16FNO3/c1-8(15)3-6-12(16)14-10-5-4-9(13)7-11(10)17-2/h4-5,7-8,15H,3,6H2,1-2H3,(H,14,16). The lowest BCUT2D eigenvalue weighted by molar-refractivity contribution is -0.116. The van der Waals surface area contributed by atoms with Crippen LogP contribution in [-0.4, -0.2) is 24.2 Å². The van der Waals surface area contributed by atoms with E-state index in [-0.39, 0.29) is 18.1 Å². The molecule has 0 saturated carbocycles. The lowest BCUT2D eigenvalue weighted by Gasteiger charge is -2.10. The van der Waals surface area contributed by atoms with Gasteiger partial charge in [-0.15, -0.1) is 0 Å². The zero-order valence-electron chi connectivity index (χ0n) is 9.87. The highest BCUT2D eigenvalue weighted by Crippen LogP contribution is 2.25. The molecular weight excluding hydrogens is 225 g/mol. The quantitative estimate of drug-likeness (QED) is 0.828. The Morgan fingerprint density at radius 2 is 2.29 bits per heavy atom. The number of ether oxygens (including phenoxy) is 1. The SMILES string of the molecule is COc1cc(F)ccc1NC(=O)CCC(C)O. The number of amides is 1. The van der Waals surface area contributed by atoms with E-state index in [1.807, 2.05) is 0 Å². The molecule has 0 radical (unpaired) electrons. The Morgan fingerprint density at radius 3 is 2.88 bits per heavy atom. The molecule has 0 saturated heterocycles. The average Bonchev–Trinajstić information content (AvgIpc) is 2.28. The van der Waals surface area contributed by atoms with E-state index in [0.29, 0.717) is 12.1 Å². The van der Waals surface area contributed by atoms with Crippen molar-refractivity contribution in [1.82, 2.24) is 0 Å². The molecule has 0 spiro atoms. The van der Waals surface area contributed by atoms with Crippen LogP contribution in [0.5, 0.6) is 5.75 Å². The van der Waals surface area contributed by atoms with Crippen LogP contribution in [0, 0.1) is 5.82 Å². The number of aliphatic hydroxyl groups excluding tert-OH is 1. The normalized spacial score (nSPS) is 12.0. The van der Waals surface area contributed by atoms with Gasteiger partial charge >= 0.3 is 0 Å². The van der Waals surface area contributed by atoms with E-state index in [9.17, 15) is 9.18 Å². The summed E-state index contributed by atoms with van der Waals surface area (Å²) in [6, 6.07) is 3.88. The summed E-state index contributed by atoms with van der Waals surface area (Å²) in [6.45, 7) is 1.62. The van der Waals surface area contributed by atoms with E-state index in [0.717, 1.165) is 0 Å². The third kappa shape index (κ3) is 4.40. The highest BCUT2D eigenvalue weighted by Gasteiger charge is 2.09. The first-order valence-corrected chi connectivity index (χ1v) is 5.34. The van der Waals surface area contributed by atoms with E-state index in [1.54, 1.807) is 6.92 Å². The maximum atomic E-state index is 12.9. The minimum Gasteiger partial charge on any atom is -0.494 e. The van der Waals surface area contributed by atoms with Crippen molar-refractivity contribution >= 4 is 11.6 Å². The monoisotopic (exact) mass is 241 g/mol. The van der Waals surface area contributed by atoms with Crippen LogP contribution in [0.25, 0.3) is 0 Å². The molecule has 5 heteroatoms. The molecule has 0 bridgehead atoms. The molecule has 4 nitrogen and oxygen atoms in total. The van der Waals surface area contributed by atoms with E-state index in [1.165, 1.54) is 25.3 Å². The molecule has 1 unspecified atom stereocenters. The fourth-order valence-corrected chi connectivity index (χ4v) is 1.32. The first-order chi connectivity index (χ1) is 8.02. The van der Waals surface area contributed by atoms with Crippen LogP contribution in [0.2, 0.25) is 0 Å². The van der Waals surface area contributed by atoms with Crippen LogP contribution in [0.4, 0.5) is 10.1 Å². The van der Waals surface area contributed by atoms with E-state index < -0.39 is 11.9 Å². The van der Waals surface area contributed by atoms with Gasteiger partial charge in [-0.3, -0.25) is 4.79 Å². The number of carbonyl (C=O) groups excluding carboxylic acids is 1. The smallest absolute Gasteiger partial charge is 0.224 e. The Balaban J connectivity index is 2.64. The van der Waals surface area contributed by atoms with Gasteiger partial charge in [-0.2, -0.15) is 0 Å². The molecule has 1 atom stereocenters. The van der Waals surface area contributed by atoms with Crippen molar-refractivity contribution in [2.45, 2.75) is 25.9 Å². The van der Waals surface area contributed by atoms with Crippen LogP contribution < -0.4 is 10.1 Å². The minimum atomic E-state index is -0.518. The molecule has 0 heterocycles. The van der Waals surface area contributed by atoms with Gasteiger partial charge < -0.3 is 15.2 Å². The summed E-state index contributed by atoms with van der Waals surface area (Å²) in [5.74, 6) is -0.393. The molecular formula is C12H16FNO3. The summed E-state index contributed by atoms with van der Waals surface area (Å²) < 4.78 is 17.8. The van der Waals surface area contributed by atoms with Crippen molar-refractivity contribution in [2.75, 3.05) is 12.4 Å². The Morgan fingerprint density at radius 1 is 1.59 bits per heavy atom. The molecule has 1 amide bonds. The van der Waals surface area contributed by atoms with Gasteiger partial charge in [-0.25, -0.2) is 4.39 Å². The Labute approximate surface area is 99.4 Å². The predicted octanol–water partition coefficient (Wildman–Crippen LogP) is 1.93. The van der Waals surface area contributed by atoms with Crippen molar-refractivity contribution in [3.05, 3.63) is 24.0 Å². The summed E-state index contributed by atoms with van der Waals surface area (Å²) in [5.41, 5.74) is 0.421. The van der Waals surface area contributed by atoms with Crippen LogP contribution in [-0.2, 0) is 4.79 Å². The summed E-state index contributed by atoms with van der Waals surface area (Å²) in [6.07, 6.45) is 0.0731. The first-order valence-electron chi connectivity index (χ1n) is 5.34. The molecule has 1 aromatic carbocycles. The zero-order chi connectivity index (χ0) is 12.8. The number of benzene rings is 1. The highest BCUT2D eigenvalue weighted by atomic mass is 19.1. The molecule has 0 aliphatic heterocycles. The van der Waals surface area contributed by atoms with Crippen LogP contribution >= 0.6 is 0 Å².